The zero-order valence-corrected chi connectivity index (χ0v) is 14.2. The van der Waals surface area contributed by atoms with Crippen molar-refractivity contribution in [3.63, 3.8) is 0 Å². The highest BCUT2D eigenvalue weighted by molar-refractivity contribution is 8.18. The van der Waals surface area contributed by atoms with E-state index in [4.69, 9.17) is 4.74 Å². The lowest BCUT2D eigenvalue weighted by atomic mass is 10.1. The highest BCUT2D eigenvalue weighted by Crippen LogP contribution is 2.34. The van der Waals surface area contributed by atoms with Crippen molar-refractivity contribution in [1.82, 2.24) is 5.32 Å². The van der Waals surface area contributed by atoms with Gasteiger partial charge in [0.2, 0.25) is 0 Å². The SMILES string of the molecule is COc1cc(/C=C2\SC(=Nc3ccccc3)NC2=O)cc(CO)c1O. The van der Waals surface area contributed by atoms with Gasteiger partial charge in [0.05, 0.1) is 24.3 Å². The van der Waals surface area contributed by atoms with Crippen LogP contribution in [0.2, 0.25) is 0 Å². The molecular weight excluding hydrogens is 340 g/mol. The van der Waals surface area contributed by atoms with Crippen LogP contribution in [0.25, 0.3) is 6.08 Å². The van der Waals surface area contributed by atoms with Crippen LogP contribution in [-0.4, -0.2) is 28.4 Å². The number of aromatic hydroxyl groups is 1. The minimum absolute atomic E-state index is 0.109. The van der Waals surface area contributed by atoms with E-state index < -0.39 is 0 Å². The highest BCUT2D eigenvalue weighted by Gasteiger charge is 2.24. The number of hydrogen-bond donors (Lipinski definition) is 3. The number of para-hydroxylation sites is 1. The third kappa shape index (κ3) is 3.84. The smallest absolute Gasteiger partial charge is 0.264 e. The van der Waals surface area contributed by atoms with Crippen LogP contribution in [0.3, 0.4) is 0 Å². The van der Waals surface area contributed by atoms with Gasteiger partial charge in [-0.15, -0.1) is 0 Å². The fraction of sp³-hybridized carbons (Fsp3) is 0.111. The maximum absolute atomic E-state index is 12.1. The number of hydrogen-bond acceptors (Lipinski definition) is 6. The molecule has 1 aliphatic heterocycles. The summed E-state index contributed by atoms with van der Waals surface area (Å²) in [5.74, 6) is -0.126. The molecule has 0 aliphatic carbocycles. The second kappa shape index (κ2) is 7.42. The number of phenols is 1. The Hall–Kier alpha value is -2.77. The van der Waals surface area contributed by atoms with Crippen LogP contribution in [0, 0.1) is 0 Å². The number of aliphatic imine (C=N–C) groups is 1. The number of carbonyl (C=O) groups is 1. The van der Waals surface area contributed by atoms with Gasteiger partial charge in [0.25, 0.3) is 5.91 Å². The number of methoxy groups -OCH3 is 1. The molecule has 2 aromatic carbocycles. The van der Waals surface area contributed by atoms with E-state index in [1.807, 2.05) is 30.3 Å². The van der Waals surface area contributed by atoms with Crippen molar-refractivity contribution in [3.05, 3.63) is 58.5 Å². The van der Waals surface area contributed by atoms with E-state index in [1.54, 1.807) is 18.2 Å². The van der Waals surface area contributed by atoms with Crippen LogP contribution in [-0.2, 0) is 11.4 Å². The van der Waals surface area contributed by atoms with Gasteiger partial charge in [-0.3, -0.25) is 4.79 Å². The number of benzene rings is 2. The zero-order valence-electron chi connectivity index (χ0n) is 13.4. The van der Waals surface area contributed by atoms with Crippen molar-refractivity contribution < 1.29 is 19.7 Å². The molecule has 3 rings (SSSR count). The van der Waals surface area contributed by atoms with Crippen molar-refractivity contribution in [1.29, 1.82) is 0 Å². The lowest BCUT2D eigenvalue weighted by Crippen LogP contribution is -2.19. The molecule has 1 aliphatic rings. The summed E-state index contributed by atoms with van der Waals surface area (Å²) >= 11 is 1.22. The third-order valence-electron chi connectivity index (χ3n) is 3.50. The average molecular weight is 356 g/mol. The summed E-state index contributed by atoms with van der Waals surface area (Å²) in [5.41, 5.74) is 1.71. The van der Waals surface area contributed by atoms with Crippen LogP contribution in [0.1, 0.15) is 11.1 Å². The molecule has 0 spiro atoms. The largest absolute Gasteiger partial charge is 0.504 e. The normalized spacial score (nSPS) is 17.1. The summed E-state index contributed by atoms with van der Waals surface area (Å²) in [4.78, 5) is 17.0. The third-order valence-corrected chi connectivity index (χ3v) is 4.41. The van der Waals surface area contributed by atoms with Crippen molar-refractivity contribution in [2.75, 3.05) is 7.11 Å². The Kier molecular flexibility index (Phi) is 5.06. The minimum Gasteiger partial charge on any atom is -0.504 e. The fourth-order valence-corrected chi connectivity index (χ4v) is 3.14. The number of ether oxygens (including phenoxy) is 1. The van der Waals surface area contributed by atoms with Crippen molar-refractivity contribution in [3.8, 4) is 11.5 Å². The van der Waals surface area contributed by atoms with Gasteiger partial charge < -0.3 is 20.3 Å². The van der Waals surface area contributed by atoms with Crippen LogP contribution >= 0.6 is 11.8 Å². The summed E-state index contributed by atoms with van der Waals surface area (Å²) in [6.45, 7) is -0.334. The topological polar surface area (TPSA) is 91.2 Å². The Morgan fingerprint density at radius 2 is 2.04 bits per heavy atom. The van der Waals surface area contributed by atoms with Gasteiger partial charge in [-0.25, -0.2) is 4.99 Å². The van der Waals surface area contributed by atoms with Gasteiger partial charge in [-0.05, 0) is 47.7 Å². The van der Waals surface area contributed by atoms with Gasteiger partial charge >= 0.3 is 0 Å². The first kappa shape index (κ1) is 17.1. The fourth-order valence-electron chi connectivity index (χ4n) is 2.30. The first-order valence-corrected chi connectivity index (χ1v) is 8.27. The van der Waals surface area contributed by atoms with Gasteiger partial charge in [-0.1, -0.05) is 18.2 Å². The van der Waals surface area contributed by atoms with E-state index in [9.17, 15) is 15.0 Å². The van der Waals surface area contributed by atoms with E-state index in [0.29, 0.717) is 21.2 Å². The van der Waals surface area contributed by atoms with Crippen LogP contribution in [0.4, 0.5) is 5.69 Å². The van der Waals surface area contributed by atoms with Gasteiger partial charge in [0, 0.05) is 5.56 Å². The molecule has 1 amide bonds. The monoisotopic (exact) mass is 356 g/mol. The summed E-state index contributed by atoms with van der Waals surface area (Å²) in [5, 5.41) is 22.5. The molecule has 1 heterocycles. The lowest BCUT2D eigenvalue weighted by Gasteiger charge is -2.09. The molecule has 3 N–H and O–H groups in total. The van der Waals surface area contributed by atoms with Gasteiger partial charge in [0.1, 0.15) is 0 Å². The zero-order chi connectivity index (χ0) is 17.8. The number of nitrogens with one attached hydrogen (secondary N) is 1. The second-order valence-corrected chi connectivity index (χ2v) is 6.24. The number of rotatable bonds is 4. The molecule has 0 bridgehead atoms. The van der Waals surface area contributed by atoms with Gasteiger partial charge in [0.15, 0.2) is 16.7 Å². The Morgan fingerprint density at radius 1 is 1.28 bits per heavy atom. The van der Waals surface area contributed by atoms with E-state index in [-0.39, 0.29) is 24.0 Å². The highest BCUT2D eigenvalue weighted by atomic mass is 32.2. The molecule has 1 fully saturated rings. The lowest BCUT2D eigenvalue weighted by molar-refractivity contribution is -0.115. The second-order valence-electron chi connectivity index (χ2n) is 5.21. The first-order valence-electron chi connectivity index (χ1n) is 7.46. The molecule has 0 saturated carbocycles. The van der Waals surface area contributed by atoms with Gasteiger partial charge in [-0.2, -0.15) is 0 Å². The predicted molar refractivity (Wildman–Crippen MR) is 97.8 cm³/mol. The van der Waals surface area contributed by atoms with Crippen LogP contribution in [0.15, 0.2) is 52.4 Å². The number of amidine groups is 1. The molecule has 7 heteroatoms. The van der Waals surface area contributed by atoms with Crippen LogP contribution < -0.4 is 10.1 Å². The van der Waals surface area contributed by atoms with E-state index in [2.05, 4.69) is 10.3 Å². The molecule has 6 nitrogen and oxygen atoms in total. The summed E-state index contributed by atoms with van der Waals surface area (Å²) < 4.78 is 5.10. The maximum Gasteiger partial charge on any atom is 0.264 e. The average Bonchev–Trinajstić information content (AvgIpc) is 2.96. The molecular formula is C18H16N2O4S. The summed E-state index contributed by atoms with van der Waals surface area (Å²) in [7, 11) is 1.43. The van der Waals surface area contributed by atoms with E-state index in [1.165, 1.54) is 18.9 Å². The van der Waals surface area contributed by atoms with Crippen molar-refractivity contribution >= 4 is 34.6 Å². The maximum atomic E-state index is 12.1. The number of amides is 1. The molecule has 1 saturated heterocycles. The summed E-state index contributed by atoms with van der Waals surface area (Å²) in [6, 6.07) is 12.5. The van der Waals surface area contributed by atoms with Crippen molar-refractivity contribution in [2.24, 2.45) is 4.99 Å². The van der Waals surface area contributed by atoms with E-state index in [0.717, 1.165) is 5.69 Å². The van der Waals surface area contributed by atoms with E-state index >= 15 is 0 Å². The molecule has 25 heavy (non-hydrogen) atoms. The standard InChI is InChI=1S/C18H16N2O4S/c1-24-14-8-11(7-12(10-21)16(14)22)9-15-17(23)20-18(25-15)19-13-5-3-2-4-6-13/h2-9,21-22H,10H2,1H3,(H,19,20,23)/b15-9-. The Morgan fingerprint density at radius 3 is 2.72 bits per heavy atom. The molecule has 2 aromatic rings. The molecule has 0 radical (unpaired) electrons. The minimum atomic E-state index is -0.334. The number of thioether (sulfide) groups is 1. The van der Waals surface area contributed by atoms with Crippen molar-refractivity contribution in [2.45, 2.75) is 6.61 Å². The van der Waals surface area contributed by atoms with Crippen LogP contribution in [0.5, 0.6) is 11.5 Å². The number of aliphatic hydroxyl groups is 1. The first-order chi connectivity index (χ1) is 12.1. The Bertz CT molecular complexity index is 838. The number of nitrogens with zero attached hydrogens (tertiary/aromatic N) is 1. The molecule has 0 aromatic heterocycles. The number of aliphatic hydroxyl groups excluding tert-OH is 1. The molecule has 0 atom stereocenters. The Labute approximate surface area is 148 Å². The quantitative estimate of drug-likeness (QED) is 0.733. The molecule has 128 valence electrons. The predicted octanol–water partition coefficient (Wildman–Crippen LogP) is 2.78. The number of carbonyl (C=O) groups excluding carboxylic acids is 1. The Balaban J connectivity index is 1.89. The summed E-state index contributed by atoms with van der Waals surface area (Å²) in [6.07, 6.45) is 1.66. The molecule has 0 unspecified atom stereocenters.